The molecule has 1 saturated heterocycles. The number of hydrogen-bond donors (Lipinski definition) is 1. The van der Waals surface area contributed by atoms with Crippen molar-refractivity contribution in [3.8, 4) is 5.75 Å². The summed E-state index contributed by atoms with van der Waals surface area (Å²) < 4.78 is 6.92. The van der Waals surface area contributed by atoms with Crippen molar-refractivity contribution in [2.24, 2.45) is 0 Å². The second kappa shape index (κ2) is 7.57. The van der Waals surface area contributed by atoms with Crippen molar-refractivity contribution in [1.29, 1.82) is 0 Å². The normalized spacial score (nSPS) is 18.4. The summed E-state index contributed by atoms with van der Waals surface area (Å²) in [6.07, 6.45) is -0.462. The Morgan fingerprint density at radius 2 is 2.00 bits per heavy atom. The van der Waals surface area contributed by atoms with Crippen molar-refractivity contribution < 1.29 is 9.84 Å². The van der Waals surface area contributed by atoms with Crippen LogP contribution in [0, 0.1) is 6.92 Å². The zero-order valence-corrected chi connectivity index (χ0v) is 14.7. The second-order valence-corrected chi connectivity index (χ2v) is 7.30. The number of piperazine rings is 1. The summed E-state index contributed by atoms with van der Waals surface area (Å²) in [6, 6.07) is 5.93. The second-order valence-electron chi connectivity index (χ2n) is 6.06. The van der Waals surface area contributed by atoms with Crippen LogP contribution in [0.4, 0.5) is 0 Å². The number of thiazole rings is 1. The molecule has 5 nitrogen and oxygen atoms in total. The van der Waals surface area contributed by atoms with Gasteiger partial charge in [-0.3, -0.25) is 4.90 Å². The highest BCUT2D eigenvalue weighted by Gasteiger charge is 2.18. The van der Waals surface area contributed by atoms with Crippen LogP contribution in [-0.4, -0.2) is 71.9 Å². The summed E-state index contributed by atoms with van der Waals surface area (Å²) in [4.78, 5) is 9.22. The van der Waals surface area contributed by atoms with Gasteiger partial charge in [0.25, 0.3) is 0 Å². The lowest BCUT2D eigenvalue weighted by atomic mass is 10.2. The van der Waals surface area contributed by atoms with E-state index < -0.39 is 6.10 Å². The van der Waals surface area contributed by atoms with E-state index in [-0.39, 0.29) is 0 Å². The van der Waals surface area contributed by atoms with Gasteiger partial charge in [-0.1, -0.05) is 6.92 Å². The van der Waals surface area contributed by atoms with Crippen molar-refractivity contribution in [3.05, 3.63) is 23.2 Å². The zero-order chi connectivity index (χ0) is 16.2. The van der Waals surface area contributed by atoms with E-state index in [1.807, 2.05) is 25.1 Å². The van der Waals surface area contributed by atoms with Crippen LogP contribution >= 0.6 is 11.3 Å². The van der Waals surface area contributed by atoms with Gasteiger partial charge in [0.2, 0.25) is 0 Å². The molecule has 1 N–H and O–H groups in total. The molecule has 1 fully saturated rings. The highest BCUT2D eigenvalue weighted by atomic mass is 32.1. The highest BCUT2D eigenvalue weighted by molar-refractivity contribution is 7.18. The van der Waals surface area contributed by atoms with Crippen LogP contribution < -0.4 is 4.74 Å². The number of aryl methyl sites for hydroxylation is 1. The summed E-state index contributed by atoms with van der Waals surface area (Å²) in [6.45, 7) is 10.5. The molecule has 1 atom stereocenters. The van der Waals surface area contributed by atoms with Crippen LogP contribution in [0.2, 0.25) is 0 Å². The third-order valence-corrected chi connectivity index (χ3v) is 5.24. The molecule has 0 unspecified atom stereocenters. The lowest BCUT2D eigenvalue weighted by Crippen LogP contribution is -2.49. The van der Waals surface area contributed by atoms with Crippen molar-refractivity contribution in [1.82, 2.24) is 14.8 Å². The van der Waals surface area contributed by atoms with E-state index in [9.17, 15) is 5.11 Å². The van der Waals surface area contributed by atoms with Gasteiger partial charge in [-0.2, -0.15) is 0 Å². The Morgan fingerprint density at radius 3 is 2.74 bits per heavy atom. The number of β-amino-alcohol motifs (C(OH)–C–C–N with tert-alkyl or cyclic N) is 1. The van der Waals surface area contributed by atoms with Gasteiger partial charge in [0.05, 0.1) is 15.2 Å². The Balaban J connectivity index is 1.47. The summed E-state index contributed by atoms with van der Waals surface area (Å²) in [5, 5.41) is 11.3. The van der Waals surface area contributed by atoms with Crippen LogP contribution in [0.3, 0.4) is 0 Å². The van der Waals surface area contributed by atoms with E-state index in [1.54, 1.807) is 11.3 Å². The maximum absolute atomic E-state index is 10.2. The first kappa shape index (κ1) is 16.6. The average Bonchev–Trinajstić information content (AvgIpc) is 2.93. The lowest BCUT2D eigenvalue weighted by molar-refractivity contribution is 0.0471. The number of aliphatic hydroxyl groups is 1. The van der Waals surface area contributed by atoms with E-state index in [0.29, 0.717) is 13.2 Å². The van der Waals surface area contributed by atoms with E-state index in [4.69, 9.17) is 4.74 Å². The number of fused-ring (bicyclic) bond motifs is 1. The highest BCUT2D eigenvalue weighted by Crippen LogP contribution is 2.25. The van der Waals surface area contributed by atoms with E-state index in [1.165, 1.54) is 4.70 Å². The monoisotopic (exact) mass is 335 g/mol. The Kier molecular flexibility index (Phi) is 5.48. The molecule has 6 heteroatoms. The molecule has 1 aliphatic rings. The first-order valence-corrected chi connectivity index (χ1v) is 9.08. The Labute approximate surface area is 141 Å². The summed E-state index contributed by atoms with van der Waals surface area (Å²) in [5.41, 5.74) is 0.968. The van der Waals surface area contributed by atoms with Crippen LogP contribution in [0.5, 0.6) is 5.75 Å². The fourth-order valence-corrected chi connectivity index (χ4v) is 3.75. The fraction of sp³-hybridized carbons (Fsp3) is 0.588. The quantitative estimate of drug-likeness (QED) is 0.875. The minimum absolute atomic E-state index is 0.322. The molecule has 126 valence electrons. The molecular formula is C17H25N3O2S. The molecule has 0 amide bonds. The lowest BCUT2D eigenvalue weighted by Gasteiger charge is -2.34. The number of aliphatic hydroxyl groups excluding tert-OH is 1. The van der Waals surface area contributed by atoms with Gasteiger partial charge in [0.1, 0.15) is 18.5 Å². The van der Waals surface area contributed by atoms with Crippen LogP contribution in [0.25, 0.3) is 10.2 Å². The van der Waals surface area contributed by atoms with Gasteiger partial charge < -0.3 is 14.7 Å². The number of benzene rings is 1. The minimum Gasteiger partial charge on any atom is -0.491 e. The van der Waals surface area contributed by atoms with Crippen molar-refractivity contribution in [3.63, 3.8) is 0 Å². The molecule has 0 spiro atoms. The van der Waals surface area contributed by atoms with Gasteiger partial charge in [0, 0.05) is 38.8 Å². The molecule has 0 aliphatic carbocycles. The van der Waals surface area contributed by atoms with Gasteiger partial charge >= 0.3 is 0 Å². The zero-order valence-electron chi connectivity index (χ0n) is 13.9. The molecule has 0 saturated carbocycles. The van der Waals surface area contributed by atoms with Crippen LogP contribution in [0.1, 0.15) is 11.9 Å². The van der Waals surface area contributed by atoms with E-state index >= 15 is 0 Å². The van der Waals surface area contributed by atoms with Gasteiger partial charge in [-0.05, 0) is 25.6 Å². The molecule has 23 heavy (non-hydrogen) atoms. The first-order chi connectivity index (χ1) is 11.1. The largest absolute Gasteiger partial charge is 0.491 e. The molecule has 2 heterocycles. The molecule has 1 aromatic carbocycles. The average molecular weight is 335 g/mol. The molecule has 1 aliphatic heterocycles. The van der Waals surface area contributed by atoms with Crippen LogP contribution in [-0.2, 0) is 0 Å². The Bertz CT molecular complexity index is 638. The molecular weight excluding hydrogens is 310 g/mol. The van der Waals surface area contributed by atoms with Crippen molar-refractivity contribution >= 4 is 21.6 Å². The number of nitrogens with zero attached hydrogens (tertiary/aromatic N) is 3. The maximum Gasteiger partial charge on any atom is 0.121 e. The topological polar surface area (TPSA) is 48.8 Å². The minimum atomic E-state index is -0.462. The van der Waals surface area contributed by atoms with Crippen LogP contribution in [0.15, 0.2) is 18.2 Å². The van der Waals surface area contributed by atoms with Gasteiger partial charge in [0.15, 0.2) is 0 Å². The smallest absolute Gasteiger partial charge is 0.121 e. The summed E-state index contributed by atoms with van der Waals surface area (Å²) in [7, 11) is 0. The third-order valence-electron chi connectivity index (χ3n) is 4.29. The van der Waals surface area contributed by atoms with Crippen molar-refractivity contribution in [2.45, 2.75) is 20.0 Å². The predicted octanol–water partition coefficient (Wildman–Crippen LogP) is 1.98. The molecule has 0 radical (unpaired) electrons. The fourth-order valence-electron chi connectivity index (χ4n) is 2.94. The number of rotatable bonds is 6. The molecule has 1 aromatic heterocycles. The van der Waals surface area contributed by atoms with E-state index in [0.717, 1.165) is 49.0 Å². The maximum atomic E-state index is 10.2. The van der Waals surface area contributed by atoms with Crippen molar-refractivity contribution in [2.75, 3.05) is 45.9 Å². The SMILES string of the molecule is CCN1CCN(C[C@@H](O)COc2ccc3sc(C)nc3c2)CC1. The van der Waals surface area contributed by atoms with Gasteiger partial charge in [-0.25, -0.2) is 4.98 Å². The number of hydrogen-bond acceptors (Lipinski definition) is 6. The summed E-state index contributed by atoms with van der Waals surface area (Å²) >= 11 is 1.68. The Hall–Kier alpha value is -1.21. The Morgan fingerprint density at radius 1 is 1.26 bits per heavy atom. The number of likely N-dealkylation sites (N-methyl/N-ethyl adjacent to an activating group) is 1. The molecule has 0 bridgehead atoms. The number of ether oxygens (including phenoxy) is 1. The molecule has 2 aromatic rings. The molecule has 3 rings (SSSR count). The standard InChI is InChI=1S/C17H25N3O2S/c1-3-19-6-8-20(9-7-19)11-14(21)12-22-15-4-5-17-16(10-15)18-13(2)23-17/h4-5,10,14,21H,3,6-9,11-12H2,1-2H3/t14-/m1/s1. The van der Waals surface area contributed by atoms with E-state index in [2.05, 4.69) is 21.7 Å². The van der Waals surface area contributed by atoms with Gasteiger partial charge in [-0.15, -0.1) is 11.3 Å². The predicted molar refractivity (Wildman–Crippen MR) is 94.4 cm³/mol. The third kappa shape index (κ3) is 4.41. The summed E-state index contributed by atoms with van der Waals surface area (Å²) in [5.74, 6) is 0.776. The number of aromatic nitrogens is 1. The first-order valence-electron chi connectivity index (χ1n) is 8.27.